The van der Waals surface area contributed by atoms with Gasteiger partial charge in [0, 0.05) is 12.7 Å². The van der Waals surface area contributed by atoms with Crippen LogP contribution in [0.1, 0.15) is 26.3 Å². The van der Waals surface area contributed by atoms with Crippen molar-refractivity contribution in [2.75, 3.05) is 13.7 Å². The first-order valence-corrected chi connectivity index (χ1v) is 10.0. The molecule has 0 bridgehead atoms. The van der Waals surface area contributed by atoms with Crippen LogP contribution in [0.2, 0.25) is 18.1 Å². The molecule has 2 heteroatoms. The zero-order valence-electron chi connectivity index (χ0n) is 13.6. The molecule has 0 fully saturated rings. The van der Waals surface area contributed by atoms with Gasteiger partial charge in [0.05, 0.1) is 6.61 Å². The van der Waals surface area contributed by atoms with Gasteiger partial charge in [-0.15, -0.1) is 5.54 Å². The van der Waals surface area contributed by atoms with Crippen LogP contribution in [0.15, 0.2) is 35.9 Å². The zero-order valence-corrected chi connectivity index (χ0v) is 14.6. The van der Waals surface area contributed by atoms with Crippen molar-refractivity contribution in [3.05, 3.63) is 41.5 Å². The average Bonchev–Trinajstić information content (AvgIpc) is 2.36. The first-order valence-electron chi connectivity index (χ1n) is 7.04. The van der Waals surface area contributed by atoms with Gasteiger partial charge in [0.1, 0.15) is 8.07 Å². The summed E-state index contributed by atoms with van der Waals surface area (Å²) in [5.41, 5.74) is 5.76. The lowest BCUT2D eigenvalue weighted by molar-refractivity contribution is 0.229. The van der Waals surface area contributed by atoms with Gasteiger partial charge >= 0.3 is 0 Å². The van der Waals surface area contributed by atoms with E-state index in [0.29, 0.717) is 6.61 Å². The normalized spacial score (nSPS) is 12.8. The Morgan fingerprint density at radius 3 is 2.30 bits per heavy atom. The van der Waals surface area contributed by atoms with Gasteiger partial charge in [-0.2, -0.15) is 0 Å². The molecule has 0 aromatic heterocycles. The lowest BCUT2D eigenvalue weighted by Gasteiger charge is -2.31. The van der Waals surface area contributed by atoms with Crippen LogP contribution in [-0.2, 0) is 4.74 Å². The molecule has 0 heterocycles. The molecule has 0 radical (unpaired) electrons. The molecule has 0 saturated carbocycles. The smallest absolute Gasteiger partial charge is 0.138 e. The van der Waals surface area contributed by atoms with Gasteiger partial charge in [0.25, 0.3) is 0 Å². The molecule has 1 aromatic carbocycles. The van der Waals surface area contributed by atoms with Crippen LogP contribution < -0.4 is 0 Å². The molecule has 0 unspecified atom stereocenters. The minimum atomic E-state index is -1.57. The molecule has 0 spiro atoms. The lowest BCUT2D eigenvalue weighted by atomic mass is 10.1. The molecule has 0 saturated heterocycles. The van der Waals surface area contributed by atoms with E-state index in [1.807, 2.05) is 18.2 Å². The van der Waals surface area contributed by atoms with Crippen molar-refractivity contribution in [2.24, 2.45) is 0 Å². The highest BCUT2D eigenvalue weighted by Crippen LogP contribution is 2.35. The first-order chi connectivity index (χ1) is 9.26. The van der Waals surface area contributed by atoms with E-state index >= 15 is 0 Å². The average molecular weight is 286 g/mol. The van der Waals surface area contributed by atoms with Crippen molar-refractivity contribution in [2.45, 2.75) is 38.9 Å². The number of hydrogen-bond acceptors (Lipinski definition) is 1. The fraction of sp³-hybridized carbons (Fsp3) is 0.444. The van der Waals surface area contributed by atoms with Gasteiger partial charge in [-0.3, -0.25) is 0 Å². The number of methoxy groups -OCH3 is 1. The monoisotopic (exact) mass is 286 g/mol. The highest BCUT2D eigenvalue weighted by Gasteiger charge is 2.33. The minimum absolute atomic E-state index is 0.283. The quantitative estimate of drug-likeness (QED) is 0.574. The fourth-order valence-electron chi connectivity index (χ4n) is 1.44. The summed E-state index contributed by atoms with van der Waals surface area (Å²) in [5, 5.41) is 0.283. The van der Waals surface area contributed by atoms with Gasteiger partial charge in [-0.1, -0.05) is 70.1 Å². The topological polar surface area (TPSA) is 9.23 Å². The largest absolute Gasteiger partial charge is 0.379 e. The summed E-state index contributed by atoms with van der Waals surface area (Å²) < 4.78 is 5.27. The molecule has 0 aliphatic rings. The maximum absolute atomic E-state index is 5.27. The third-order valence-corrected chi connectivity index (χ3v) is 8.35. The fourth-order valence-corrected chi connectivity index (χ4v) is 2.29. The first kappa shape index (κ1) is 16.8. The highest BCUT2D eigenvalue weighted by atomic mass is 28.3. The Morgan fingerprint density at radius 2 is 1.80 bits per heavy atom. The highest BCUT2D eigenvalue weighted by molar-refractivity contribution is 6.87. The van der Waals surface area contributed by atoms with Crippen LogP contribution in [0, 0.1) is 11.5 Å². The van der Waals surface area contributed by atoms with Crippen LogP contribution >= 0.6 is 0 Å². The summed E-state index contributed by atoms with van der Waals surface area (Å²) >= 11 is 0. The van der Waals surface area contributed by atoms with Gasteiger partial charge < -0.3 is 4.74 Å². The molecule has 0 N–H and O–H groups in total. The van der Waals surface area contributed by atoms with E-state index in [1.165, 1.54) is 5.56 Å². The maximum atomic E-state index is 5.27. The molecule has 0 amide bonds. The number of hydrogen-bond donors (Lipinski definition) is 0. The predicted octanol–water partition coefficient (Wildman–Crippen LogP) is 4.77. The van der Waals surface area contributed by atoms with Crippen molar-refractivity contribution in [3.63, 3.8) is 0 Å². The van der Waals surface area contributed by atoms with Crippen molar-refractivity contribution in [3.8, 4) is 11.5 Å². The summed E-state index contributed by atoms with van der Waals surface area (Å²) in [6.07, 6.45) is 2.11. The Hall–Kier alpha value is -1.30. The van der Waals surface area contributed by atoms with E-state index in [2.05, 4.69) is 63.5 Å². The standard InChI is InChI=1S/C18H26OSi/c1-18(2,3)20(5,6)13-12-17(15-19-4)14-16-10-8-7-9-11-16/h7-11,14H,15H2,1-6H3/b17-14-. The third kappa shape index (κ3) is 5.00. The van der Waals surface area contributed by atoms with Gasteiger partial charge in [0.2, 0.25) is 0 Å². The summed E-state index contributed by atoms with van der Waals surface area (Å²) in [7, 11) is 0.144. The van der Waals surface area contributed by atoms with E-state index < -0.39 is 8.07 Å². The van der Waals surface area contributed by atoms with Crippen molar-refractivity contribution < 1.29 is 4.74 Å². The van der Waals surface area contributed by atoms with E-state index in [4.69, 9.17) is 4.74 Å². The van der Waals surface area contributed by atoms with E-state index in [0.717, 1.165) is 5.57 Å². The molecule has 0 atom stereocenters. The molecule has 108 valence electrons. The van der Waals surface area contributed by atoms with Crippen molar-refractivity contribution >= 4 is 14.1 Å². The minimum Gasteiger partial charge on any atom is -0.379 e. The van der Waals surface area contributed by atoms with Crippen molar-refractivity contribution in [1.29, 1.82) is 0 Å². The maximum Gasteiger partial charge on any atom is 0.138 e. The van der Waals surface area contributed by atoms with Crippen LogP contribution in [0.25, 0.3) is 6.08 Å². The van der Waals surface area contributed by atoms with Gasteiger partial charge in [0.15, 0.2) is 0 Å². The number of rotatable bonds is 3. The molecular formula is C18H26OSi. The SMILES string of the molecule is COC/C(C#C[Si](C)(C)C(C)(C)C)=C\c1ccccc1. The Balaban J connectivity index is 3.04. The molecule has 1 rings (SSSR count). The van der Waals surface area contributed by atoms with E-state index in [1.54, 1.807) is 7.11 Å². The summed E-state index contributed by atoms with van der Waals surface area (Å²) in [5.74, 6) is 3.36. The van der Waals surface area contributed by atoms with Gasteiger partial charge in [-0.05, 0) is 16.7 Å². The summed E-state index contributed by atoms with van der Waals surface area (Å²) in [6.45, 7) is 12.1. The van der Waals surface area contributed by atoms with Crippen LogP contribution in [0.3, 0.4) is 0 Å². The van der Waals surface area contributed by atoms with Crippen LogP contribution in [-0.4, -0.2) is 21.8 Å². The lowest BCUT2D eigenvalue weighted by Crippen LogP contribution is -2.35. The molecule has 20 heavy (non-hydrogen) atoms. The second-order valence-electron chi connectivity index (χ2n) is 6.64. The second kappa shape index (κ2) is 6.92. The Labute approximate surface area is 125 Å². The second-order valence-corrected chi connectivity index (χ2v) is 11.6. The van der Waals surface area contributed by atoms with E-state index in [-0.39, 0.29) is 5.04 Å². The Morgan fingerprint density at radius 1 is 1.20 bits per heavy atom. The molecule has 1 aromatic rings. The van der Waals surface area contributed by atoms with Gasteiger partial charge in [-0.25, -0.2) is 0 Å². The third-order valence-electron chi connectivity index (χ3n) is 3.85. The number of benzene rings is 1. The summed E-state index contributed by atoms with van der Waals surface area (Å²) in [4.78, 5) is 0. The Bertz CT molecular complexity index is 510. The molecule has 0 aliphatic carbocycles. The Kier molecular flexibility index (Phi) is 5.80. The van der Waals surface area contributed by atoms with Crippen LogP contribution in [0.5, 0.6) is 0 Å². The van der Waals surface area contributed by atoms with E-state index in [9.17, 15) is 0 Å². The molecule has 0 aliphatic heterocycles. The van der Waals surface area contributed by atoms with Crippen LogP contribution in [0.4, 0.5) is 0 Å². The molecular weight excluding hydrogens is 260 g/mol. The molecule has 1 nitrogen and oxygen atoms in total. The zero-order chi connectivity index (χ0) is 15.2. The summed E-state index contributed by atoms with van der Waals surface area (Å²) in [6, 6.07) is 10.3. The number of ether oxygens (including phenoxy) is 1. The van der Waals surface area contributed by atoms with Crippen molar-refractivity contribution in [1.82, 2.24) is 0 Å². The predicted molar refractivity (Wildman–Crippen MR) is 91.3 cm³/mol.